The van der Waals surface area contributed by atoms with E-state index in [4.69, 9.17) is 4.74 Å². The highest BCUT2D eigenvalue weighted by Gasteiger charge is 2.41. The van der Waals surface area contributed by atoms with Gasteiger partial charge in [-0.25, -0.2) is 0 Å². The number of piperidine rings is 1. The van der Waals surface area contributed by atoms with Crippen molar-refractivity contribution < 1.29 is 17.9 Å². The van der Waals surface area contributed by atoms with Crippen molar-refractivity contribution in [3.63, 3.8) is 0 Å². The Bertz CT molecular complexity index is 1020. The van der Waals surface area contributed by atoms with Crippen molar-refractivity contribution in [1.29, 1.82) is 0 Å². The van der Waals surface area contributed by atoms with Crippen LogP contribution in [0, 0.1) is 5.92 Å². The number of rotatable bonds is 10. The van der Waals surface area contributed by atoms with Crippen LogP contribution < -0.4 is 0 Å². The molecule has 7 nitrogen and oxygen atoms in total. The minimum absolute atomic E-state index is 0.221. The summed E-state index contributed by atoms with van der Waals surface area (Å²) in [6.45, 7) is 4.79. The van der Waals surface area contributed by atoms with Gasteiger partial charge in [-0.3, -0.25) is 9.78 Å². The molecule has 0 unspecified atom stereocenters. The SMILES string of the molecule is COC(=O)[C@@H](C(C)C)N(CCCc1cccnc1)S(=O)(=O)N1CCC(c2ccc(Br)cc2)CC1. The Morgan fingerprint density at radius 1 is 1.21 bits per heavy atom. The van der Waals surface area contributed by atoms with Gasteiger partial charge in [0.1, 0.15) is 6.04 Å². The third-order valence-electron chi connectivity index (χ3n) is 6.37. The molecule has 0 radical (unpaired) electrons. The van der Waals surface area contributed by atoms with Gasteiger partial charge in [0.2, 0.25) is 0 Å². The summed E-state index contributed by atoms with van der Waals surface area (Å²) in [6.07, 6.45) is 6.25. The van der Waals surface area contributed by atoms with E-state index < -0.39 is 22.2 Å². The van der Waals surface area contributed by atoms with E-state index in [1.807, 2.05) is 38.1 Å². The summed E-state index contributed by atoms with van der Waals surface area (Å²) >= 11 is 3.46. The molecule has 0 N–H and O–H groups in total. The van der Waals surface area contributed by atoms with Crippen LogP contribution in [0.4, 0.5) is 0 Å². The second-order valence-corrected chi connectivity index (χ2v) is 11.8. The Balaban J connectivity index is 1.76. The predicted octanol–water partition coefficient (Wildman–Crippen LogP) is 4.40. The molecule has 1 aromatic carbocycles. The third kappa shape index (κ3) is 6.65. The molecule has 0 spiro atoms. The van der Waals surface area contributed by atoms with Crippen LogP contribution in [0.25, 0.3) is 0 Å². The molecule has 3 rings (SSSR count). The molecule has 1 aliphatic heterocycles. The van der Waals surface area contributed by atoms with E-state index in [1.54, 1.807) is 12.4 Å². The summed E-state index contributed by atoms with van der Waals surface area (Å²) in [4.78, 5) is 16.8. The third-order valence-corrected chi connectivity index (χ3v) is 8.92. The van der Waals surface area contributed by atoms with Crippen molar-refractivity contribution in [2.45, 2.75) is 51.5 Å². The standard InChI is InChI=1S/C25H34BrN3O4S/c1-19(2)24(25(30)33-3)29(15-5-7-20-6-4-14-27-18-20)34(31,32)28-16-12-22(13-17-28)21-8-10-23(26)11-9-21/h4,6,8-11,14,18-19,22,24H,5,7,12-13,15-17H2,1-3H3/t24-/m1/s1. The van der Waals surface area contributed by atoms with Crippen molar-refractivity contribution in [3.8, 4) is 0 Å². The minimum Gasteiger partial charge on any atom is -0.468 e. The van der Waals surface area contributed by atoms with E-state index >= 15 is 0 Å². The van der Waals surface area contributed by atoms with E-state index in [2.05, 4.69) is 33.0 Å². The van der Waals surface area contributed by atoms with Crippen LogP contribution in [0.15, 0.2) is 53.3 Å². The normalized spacial score (nSPS) is 16.6. The van der Waals surface area contributed by atoms with Crippen LogP contribution in [-0.2, 0) is 26.2 Å². The van der Waals surface area contributed by atoms with Gasteiger partial charge >= 0.3 is 5.97 Å². The molecule has 2 heterocycles. The van der Waals surface area contributed by atoms with E-state index in [0.29, 0.717) is 31.8 Å². The first kappa shape index (κ1) is 26.8. The maximum atomic E-state index is 13.8. The van der Waals surface area contributed by atoms with Gasteiger partial charge in [-0.15, -0.1) is 0 Å². The minimum atomic E-state index is -3.85. The molecule has 1 atom stereocenters. The zero-order chi connectivity index (χ0) is 24.7. The Labute approximate surface area is 211 Å². The fourth-order valence-electron chi connectivity index (χ4n) is 4.53. The lowest BCUT2D eigenvalue weighted by Crippen LogP contribution is -2.55. The molecule has 0 bridgehead atoms. The van der Waals surface area contributed by atoms with Gasteiger partial charge in [0.05, 0.1) is 7.11 Å². The van der Waals surface area contributed by atoms with Gasteiger partial charge in [-0.05, 0) is 66.8 Å². The van der Waals surface area contributed by atoms with Gasteiger partial charge in [0, 0.05) is 36.5 Å². The monoisotopic (exact) mass is 551 g/mol. The summed E-state index contributed by atoms with van der Waals surface area (Å²) in [5.74, 6) is -0.425. The molecule has 0 saturated carbocycles. The van der Waals surface area contributed by atoms with Gasteiger partial charge in [0.15, 0.2) is 0 Å². The van der Waals surface area contributed by atoms with Crippen LogP contribution in [0.5, 0.6) is 0 Å². The summed E-state index contributed by atoms with van der Waals surface area (Å²) in [7, 11) is -2.54. The molecule has 1 aliphatic rings. The fourth-order valence-corrected chi connectivity index (χ4v) is 6.74. The lowest BCUT2D eigenvalue weighted by molar-refractivity contribution is -0.146. The van der Waals surface area contributed by atoms with E-state index in [-0.39, 0.29) is 12.5 Å². The lowest BCUT2D eigenvalue weighted by atomic mass is 9.90. The van der Waals surface area contributed by atoms with E-state index in [1.165, 1.54) is 21.3 Å². The second kappa shape index (κ2) is 12.2. The average Bonchev–Trinajstić information content (AvgIpc) is 2.84. The summed E-state index contributed by atoms with van der Waals surface area (Å²) in [5, 5.41) is 0. The fraction of sp³-hybridized carbons (Fsp3) is 0.520. The number of hydrogen-bond acceptors (Lipinski definition) is 5. The molecular weight excluding hydrogens is 518 g/mol. The highest BCUT2D eigenvalue weighted by atomic mass is 79.9. The first-order chi connectivity index (χ1) is 16.2. The molecule has 186 valence electrons. The second-order valence-electron chi connectivity index (χ2n) is 9.02. The van der Waals surface area contributed by atoms with E-state index in [0.717, 1.165) is 22.9 Å². The van der Waals surface area contributed by atoms with Crippen molar-refractivity contribution >= 4 is 32.1 Å². The molecule has 0 amide bonds. The number of halogens is 1. The molecule has 1 saturated heterocycles. The lowest BCUT2D eigenvalue weighted by Gasteiger charge is -2.38. The van der Waals surface area contributed by atoms with Crippen LogP contribution in [-0.4, -0.2) is 60.8 Å². The molecule has 9 heteroatoms. The molecular formula is C25H34BrN3O4S. The highest BCUT2D eigenvalue weighted by Crippen LogP contribution is 2.31. The van der Waals surface area contributed by atoms with Crippen molar-refractivity contribution in [2.24, 2.45) is 5.92 Å². The van der Waals surface area contributed by atoms with Crippen molar-refractivity contribution in [1.82, 2.24) is 13.6 Å². The van der Waals surface area contributed by atoms with Crippen molar-refractivity contribution in [2.75, 3.05) is 26.7 Å². The number of ether oxygens (including phenoxy) is 1. The van der Waals surface area contributed by atoms with Crippen LogP contribution in [0.2, 0.25) is 0 Å². The molecule has 0 aliphatic carbocycles. The number of benzene rings is 1. The number of nitrogens with zero attached hydrogens (tertiary/aromatic N) is 3. The highest BCUT2D eigenvalue weighted by molar-refractivity contribution is 9.10. The number of aromatic nitrogens is 1. The molecule has 34 heavy (non-hydrogen) atoms. The van der Waals surface area contributed by atoms with Crippen molar-refractivity contribution in [3.05, 3.63) is 64.4 Å². The predicted molar refractivity (Wildman–Crippen MR) is 137 cm³/mol. The zero-order valence-corrected chi connectivity index (χ0v) is 22.5. The first-order valence-corrected chi connectivity index (χ1v) is 13.9. The largest absolute Gasteiger partial charge is 0.468 e. The number of pyridine rings is 1. The van der Waals surface area contributed by atoms with Gasteiger partial charge in [0.25, 0.3) is 10.2 Å². The molecule has 1 aromatic heterocycles. The van der Waals surface area contributed by atoms with Crippen LogP contribution >= 0.6 is 15.9 Å². The molecule has 1 fully saturated rings. The van der Waals surface area contributed by atoms with E-state index in [9.17, 15) is 13.2 Å². The number of aryl methyl sites for hydroxylation is 1. The van der Waals surface area contributed by atoms with Crippen LogP contribution in [0.1, 0.15) is 50.2 Å². The quantitative estimate of drug-likeness (QED) is 0.409. The number of esters is 1. The topological polar surface area (TPSA) is 79.8 Å². The van der Waals surface area contributed by atoms with Gasteiger partial charge in [-0.1, -0.05) is 48.0 Å². The number of hydrogen-bond donors (Lipinski definition) is 0. The maximum Gasteiger partial charge on any atom is 0.324 e. The number of carbonyl (C=O) groups is 1. The Morgan fingerprint density at radius 2 is 1.88 bits per heavy atom. The zero-order valence-electron chi connectivity index (χ0n) is 20.1. The Morgan fingerprint density at radius 3 is 2.44 bits per heavy atom. The Hall–Kier alpha value is -1.81. The smallest absolute Gasteiger partial charge is 0.324 e. The first-order valence-electron chi connectivity index (χ1n) is 11.7. The summed E-state index contributed by atoms with van der Waals surface area (Å²) < 4.78 is 36.5. The Kier molecular flexibility index (Phi) is 9.65. The summed E-state index contributed by atoms with van der Waals surface area (Å²) in [6, 6.07) is 11.2. The number of methoxy groups -OCH3 is 1. The molecule has 2 aromatic rings. The maximum absolute atomic E-state index is 13.8. The van der Waals surface area contributed by atoms with Gasteiger partial charge in [-0.2, -0.15) is 17.0 Å². The number of carbonyl (C=O) groups excluding carboxylic acids is 1. The van der Waals surface area contributed by atoms with Crippen LogP contribution in [0.3, 0.4) is 0 Å². The summed E-state index contributed by atoms with van der Waals surface area (Å²) in [5.41, 5.74) is 2.26. The van der Waals surface area contributed by atoms with Gasteiger partial charge < -0.3 is 4.74 Å². The average molecular weight is 553 g/mol.